The third kappa shape index (κ3) is 5.22. The number of nitrogens with one attached hydrogen (secondary N) is 2. The highest BCUT2D eigenvalue weighted by atomic mass is 35.5. The fourth-order valence-electron chi connectivity index (χ4n) is 3.57. The molecule has 0 spiro atoms. The molecule has 4 nitrogen and oxygen atoms in total. The molecule has 33 heavy (non-hydrogen) atoms. The lowest BCUT2D eigenvalue weighted by atomic mass is 10.1. The van der Waals surface area contributed by atoms with Crippen LogP contribution in [0.3, 0.4) is 0 Å². The largest absolute Gasteiger partial charge is 0.324 e. The minimum absolute atomic E-state index is 0.133. The number of carbonyl (C=O) groups is 2. The summed E-state index contributed by atoms with van der Waals surface area (Å²) >= 11 is 37.5. The van der Waals surface area contributed by atoms with E-state index in [4.69, 9.17) is 69.6 Å². The summed E-state index contributed by atoms with van der Waals surface area (Å²) in [5, 5.41) is 6.54. The lowest BCUT2D eigenvalue weighted by molar-refractivity contribution is -0.117. The summed E-state index contributed by atoms with van der Waals surface area (Å²) < 4.78 is -1.36. The molecular formula is C23H14Cl6N2O2. The molecule has 4 rings (SSSR count). The number of halogens is 6. The van der Waals surface area contributed by atoms with Crippen molar-refractivity contribution in [3.8, 4) is 0 Å². The van der Waals surface area contributed by atoms with Gasteiger partial charge in [-0.2, -0.15) is 0 Å². The molecule has 3 aromatic rings. The zero-order valence-corrected chi connectivity index (χ0v) is 21.0. The number of hydrogen-bond donors (Lipinski definition) is 2. The van der Waals surface area contributed by atoms with E-state index < -0.39 is 28.0 Å². The summed E-state index contributed by atoms with van der Waals surface area (Å²) in [5.74, 6) is -2.24. The molecule has 0 aromatic heterocycles. The average Bonchev–Trinajstić information content (AvgIpc) is 3.32. The third-order valence-electron chi connectivity index (χ3n) is 5.17. The number of benzene rings is 3. The van der Waals surface area contributed by atoms with Gasteiger partial charge in [0.2, 0.25) is 5.91 Å². The Labute approximate surface area is 220 Å². The molecule has 2 atom stereocenters. The predicted octanol–water partition coefficient (Wildman–Crippen LogP) is 8.08. The summed E-state index contributed by atoms with van der Waals surface area (Å²) in [6.45, 7) is 0. The zero-order valence-electron chi connectivity index (χ0n) is 16.5. The Morgan fingerprint density at radius 3 is 2.06 bits per heavy atom. The normalized spacial score (nSPS) is 18.5. The number of alkyl halides is 2. The maximum atomic E-state index is 13.0. The monoisotopic (exact) mass is 560 g/mol. The Kier molecular flexibility index (Phi) is 7.07. The van der Waals surface area contributed by atoms with Crippen molar-refractivity contribution in [3.05, 3.63) is 91.9 Å². The first-order valence-electron chi connectivity index (χ1n) is 9.58. The van der Waals surface area contributed by atoms with E-state index in [9.17, 15) is 9.59 Å². The van der Waals surface area contributed by atoms with E-state index in [2.05, 4.69) is 10.6 Å². The molecule has 2 amide bonds. The lowest BCUT2D eigenvalue weighted by Gasteiger charge is -2.12. The molecule has 0 aliphatic heterocycles. The van der Waals surface area contributed by atoms with Gasteiger partial charge in [-0.15, -0.1) is 23.2 Å². The van der Waals surface area contributed by atoms with Crippen LogP contribution < -0.4 is 10.6 Å². The van der Waals surface area contributed by atoms with Crippen molar-refractivity contribution in [2.24, 2.45) is 5.92 Å². The number of hydrogen-bond acceptors (Lipinski definition) is 2. The first kappa shape index (κ1) is 24.5. The van der Waals surface area contributed by atoms with Crippen molar-refractivity contribution in [2.75, 3.05) is 10.6 Å². The molecule has 1 aliphatic rings. The van der Waals surface area contributed by atoms with E-state index in [0.29, 0.717) is 21.3 Å². The lowest BCUT2D eigenvalue weighted by Crippen LogP contribution is -2.18. The van der Waals surface area contributed by atoms with Crippen LogP contribution in [0.1, 0.15) is 21.8 Å². The van der Waals surface area contributed by atoms with Crippen LogP contribution in [0.25, 0.3) is 0 Å². The molecule has 0 bridgehead atoms. The van der Waals surface area contributed by atoms with Crippen molar-refractivity contribution in [1.82, 2.24) is 0 Å². The number of para-hydroxylation sites is 1. The molecule has 0 radical (unpaired) electrons. The third-order valence-corrected chi connectivity index (χ3v) is 7.17. The number of amides is 2. The molecule has 170 valence electrons. The second-order valence-electron chi connectivity index (χ2n) is 7.45. The standard InChI is InChI=1S/C23H14Cl6N2O2/c24-12-6-11(7-13(25)8-12)19-20(23(19,28)29)22(33)31-18-9-15(16(26)10-17(18)27)21(32)30-14-4-2-1-3-5-14/h1-10,19-20H,(H,30,32)(H,31,33)/t19-,20+/m1/s1. The Morgan fingerprint density at radius 2 is 1.42 bits per heavy atom. The first-order valence-corrected chi connectivity index (χ1v) is 11.8. The molecule has 3 aromatic carbocycles. The molecule has 1 saturated carbocycles. The highest BCUT2D eigenvalue weighted by Crippen LogP contribution is 2.65. The first-order chi connectivity index (χ1) is 15.6. The summed E-state index contributed by atoms with van der Waals surface area (Å²) in [6, 6.07) is 16.5. The molecule has 1 fully saturated rings. The van der Waals surface area contributed by atoms with Crippen LogP contribution in [-0.4, -0.2) is 16.1 Å². The van der Waals surface area contributed by atoms with E-state index in [0.717, 1.165) is 0 Å². The Balaban J connectivity index is 1.55. The van der Waals surface area contributed by atoms with Crippen molar-refractivity contribution >= 4 is 92.8 Å². The van der Waals surface area contributed by atoms with Crippen LogP contribution >= 0.6 is 69.6 Å². The molecule has 2 N–H and O–H groups in total. The van der Waals surface area contributed by atoms with Crippen LogP contribution in [0.2, 0.25) is 20.1 Å². The second kappa shape index (κ2) is 9.53. The van der Waals surface area contributed by atoms with Crippen molar-refractivity contribution in [3.63, 3.8) is 0 Å². The second-order valence-corrected chi connectivity index (χ2v) is 10.6. The molecule has 0 heterocycles. The number of rotatable bonds is 5. The summed E-state index contributed by atoms with van der Waals surface area (Å²) in [7, 11) is 0. The fourth-order valence-corrected chi connectivity index (χ4v) is 5.46. The van der Waals surface area contributed by atoms with E-state index >= 15 is 0 Å². The van der Waals surface area contributed by atoms with Gasteiger partial charge in [-0.05, 0) is 48.0 Å². The van der Waals surface area contributed by atoms with Gasteiger partial charge in [-0.25, -0.2) is 0 Å². The molecule has 0 unspecified atom stereocenters. The van der Waals surface area contributed by atoms with Gasteiger partial charge >= 0.3 is 0 Å². The highest BCUT2D eigenvalue weighted by Gasteiger charge is 2.67. The van der Waals surface area contributed by atoms with Crippen molar-refractivity contribution < 1.29 is 9.59 Å². The Morgan fingerprint density at radius 1 is 0.788 bits per heavy atom. The summed E-state index contributed by atoms with van der Waals surface area (Å²) in [5.41, 5.74) is 1.57. The van der Waals surface area contributed by atoms with Gasteiger partial charge in [0.1, 0.15) is 4.33 Å². The van der Waals surface area contributed by atoms with E-state index in [1.54, 1.807) is 42.5 Å². The predicted molar refractivity (Wildman–Crippen MR) is 137 cm³/mol. The van der Waals surface area contributed by atoms with Crippen molar-refractivity contribution in [2.45, 2.75) is 10.3 Å². The smallest absolute Gasteiger partial charge is 0.257 e. The van der Waals surface area contributed by atoms with Crippen molar-refractivity contribution in [1.29, 1.82) is 0 Å². The molecular weight excluding hydrogens is 549 g/mol. The van der Waals surface area contributed by atoms with Crippen LogP contribution in [0.4, 0.5) is 11.4 Å². The van der Waals surface area contributed by atoms with Gasteiger partial charge in [0.25, 0.3) is 5.91 Å². The van der Waals surface area contributed by atoms with Gasteiger partial charge in [0.05, 0.1) is 27.2 Å². The van der Waals surface area contributed by atoms with Crippen LogP contribution in [0.15, 0.2) is 60.7 Å². The van der Waals surface area contributed by atoms with Crippen LogP contribution in [0.5, 0.6) is 0 Å². The minimum atomic E-state index is -1.36. The van der Waals surface area contributed by atoms with Gasteiger partial charge in [-0.1, -0.05) is 64.6 Å². The van der Waals surface area contributed by atoms with Gasteiger partial charge in [-0.3, -0.25) is 9.59 Å². The number of carbonyl (C=O) groups excluding carboxylic acids is 2. The number of anilines is 2. The molecule has 10 heteroatoms. The highest BCUT2D eigenvalue weighted by molar-refractivity contribution is 6.53. The van der Waals surface area contributed by atoms with Gasteiger partial charge < -0.3 is 10.6 Å². The average molecular weight is 563 g/mol. The Bertz CT molecular complexity index is 1230. The fraction of sp³-hybridized carbons (Fsp3) is 0.130. The summed E-state index contributed by atoms with van der Waals surface area (Å²) in [4.78, 5) is 25.7. The maximum absolute atomic E-state index is 13.0. The quantitative estimate of drug-likeness (QED) is 0.309. The van der Waals surface area contributed by atoms with Crippen LogP contribution in [-0.2, 0) is 4.79 Å². The van der Waals surface area contributed by atoms with E-state index in [1.807, 2.05) is 6.07 Å². The van der Waals surface area contributed by atoms with Gasteiger partial charge in [0, 0.05) is 21.7 Å². The minimum Gasteiger partial charge on any atom is -0.324 e. The van der Waals surface area contributed by atoms with E-state index in [1.165, 1.54) is 12.1 Å². The zero-order chi connectivity index (χ0) is 23.9. The Hall–Kier alpha value is -1.66. The van der Waals surface area contributed by atoms with Crippen LogP contribution in [0, 0.1) is 5.92 Å². The molecule has 0 saturated heterocycles. The maximum Gasteiger partial charge on any atom is 0.257 e. The van der Waals surface area contributed by atoms with E-state index in [-0.39, 0.29) is 21.3 Å². The topological polar surface area (TPSA) is 58.2 Å². The summed E-state index contributed by atoms with van der Waals surface area (Å²) in [6.07, 6.45) is 0. The SMILES string of the molecule is O=C(Nc1ccccc1)c1cc(NC(=O)[C@@H]2[C@@H](c3cc(Cl)cc(Cl)c3)C2(Cl)Cl)c(Cl)cc1Cl. The van der Waals surface area contributed by atoms with Gasteiger partial charge in [0.15, 0.2) is 0 Å². The molecule has 1 aliphatic carbocycles.